The van der Waals surface area contributed by atoms with Gasteiger partial charge in [0.2, 0.25) is 0 Å². The summed E-state index contributed by atoms with van der Waals surface area (Å²) in [5.74, 6) is 0.648. The molecular weight excluding hydrogens is 280 g/mol. The number of carbonyl (C=O) groups is 1. The first-order valence-electron chi connectivity index (χ1n) is 7.84. The Morgan fingerprint density at radius 1 is 1.32 bits per heavy atom. The van der Waals surface area contributed by atoms with Crippen molar-refractivity contribution in [2.24, 2.45) is 5.41 Å². The molecule has 0 saturated carbocycles. The Morgan fingerprint density at radius 3 is 2.82 bits per heavy atom. The van der Waals surface area contributed by atoms with Crippen LogP contribution in [0.4, 0.5) is 0 Å². The molecule has 1 aromatic rings. The highest BCUT2D eigenvalue weighted by atomic mass is 16.5. The highest BCUT2D eigenvalue weighted by Crippen LogP contribution is 2.26. The van der Waals surface area contributed by atoms with E-state index in [9.17, 15) is 4.79 Å². The summed E-state index contributed by atoms with van der Waals surface area (Å²) in [7, 11) is 1.63. The van der Waals surface area contributed by atoms with Gasteiger partial charge in [0.25, 0.3) is 5.91 Å². The summed E-state index contributed by atoms with van der Waals surface area (Å²) < 4.78 is 10.5. The third kappa shape index (κ3) is 5.00. The van der Waals surface area contributed by atoms with Crippen LogP contribution in [0.1, 0.15) is 30.1 Å². The predicted octanol–water partition coefficient (Wildman–Crippen LogP) is 1.83. The van der Waals surface area contributed by atoms with E-state index in [-0.39, 0.29) is 11.3 Å². The van der Waals surface area contributed by atoms with Crippen molar-refractivity contribution in [1.82, 2.24) is 10.6 Å². The molecule has 5 nitrogen and oxygen atoms in total. The first-order chi connectivity index (χ1) is 10.6. The number of piperidine rings is 1. The lowest BCUT2D eigenvalue weighted by molar-refractivity contribution is 0.0921. The molecule has 1 heterocycles. The van der Waals surface area contributed by atoms with Gasteiger partial charge in [-0.3, -0.25) is 4.79 Å². The second-order valence-electron chi connectivity index (χ2n) is 6.11. The summed E-state index contributed by atoms with van der Waals surface area (Å²) >= 11 is 0. The molecular formula is C17H26N2O3. The molecule has 1 aromatic carbocycles. The Kier molecular flexibility index (Phi) is 6.21. The predicted molar refractivity (Wildman–Crippen MR) is 86.4 cm³/mol. The number of amides is 1. The standard InChI is InChI=1S/C17H26N2O3/c1-17(6-8-18-9-7-17)13-19-16(20)14-4-3-5-15(12-14)22-11-10-21-2/h3-5,12,18H,6-11,13H2,1-2H3,(H,19,20). The average molecular weight is 306 g/mol. The molecule has 0 aromatic heterocycles. The molecule has 0 atom stereocenters. The van der Waals surface area contributed by atoms with E-state index in [0.29, 0.717) is 31.1 Å². The zero-order valence-electron chi connectivity index (χ0n) is 13.5. The van der Waals surface area contributed by atoms with Crippen LogP contribution in [0.15, 0.2) is 24.3 Å². The van der Waals surface area contributed by atoms with Gasteiger partial charge in [-0.25, -0.2) is 0 Å². The largest absolute Gasteiger partial charge is 0.491 e. The van der Waals surface area contributed by atoms with Crippen molar-refractivity contribution in [3.05, 3.63) is 29.8 Å². The molecule has 1 amide bonds. The molecule has 1 saturated heterocycles. The summed E-state index contributed by atoms with van der Waals surface area (Å²) in [6.45, 7) is 6.00. The van der Waals surface area contributed by atoms with E-state index in [1.54, 1.807) is 13.2 Å². The Balaban J connectivity index is 1.87. The Bertz CT molecular complexity index is 485. The number of rotatable bonds is 7. The number of benzene rings is 1. The minimum absolute atomic E-state index is 0.0445. The molecule has 1 aliphatic rings. The fourth-order valence-electron chi connectivity index (χ4n) is 2.57. The molecule has 2 rings (SSSR count). The van der Waals surface area contributed by atoms with Crippen LogP contribution in [-0.4, -0.2) is 45.9 Å². The third-order valence-corrected chi connectivity index (χ3v) is 4.14. The molecule has 0 bridgehead atoms. The van der Waals surface area contributed by atoms with Crippen LogP contribution in [0.5, 0.6) is 5.75 Å². The molecule has 2 N–H and O–H groups in total. The molecule has 0 radical (unpaired) electrons. The molecule has 5 heteroatoms. The number of nitrogens with one attached hydrogen (secondary N) is 2. The summed E-state index contributed by atoms with van der Waals surface area (Å²) in [4.78, 5) is 12.3. The van der Waals surface area contributed by atoms with Crippen LogP contribution in [0.2, 0.25) is 0 Å². The van der Waals surface area contributed by atoms with E-state index in [1.165, 1.54) is 0 Å². The number of methoxy groups -OCH3 is 1. The van der Waals surface area contributed by atoms with E-state index in [1.807, 2.05) is 18.2 Å². The second kappa shape index (κ2) is 8.15. The summed E-state index contributed by atoms with van der Waals surface area (Å²) in [6, 6.07) is 7.27. The number of hydrogen-bond acceptors (Lipinski definition) is 4. The summed E-state index contributed by atoms with van der Waals surface area (Å²) in [5, 5.41) is 6.41. The van der Waals surface area contributed by atoms with Gasteiger partial charge in [-0.2, -0.15) is 0 Å². The van der Waals surface area contributed by atoms with Gasteiger partial charge in [-0.15, -0.1) is 0 Å². The van der Waals surface area contributed by atoms with E-state index in [4.69, 9.17) is 9.47 Å². The summed E-state index contributed by atoms with van der Waals surface area (Å²) in [6.07, 6.45) is 2.18. The number of ether oxygens (including phenoxy) is 2. The Morgan fingerprint density at radius 2 is 2.09 bits per heavy atom. The third-order valence-electron chi connectivity index (χ3n) is 4.14. The highest BCUT2D eigenvalue weighted by Gasteiger charge is 2.27. The van der Waals surface area contributed by atoms with Crippen molar-refractivity contribution >= 4 is 5.91 Å². The van der Waals surface area contributed by atoms with Gasteiger partial charge in [0, 0.05) is 19.2 Å². The van der Waals surface area contributed by atoms with Gasteiger partial charge in [-0.1, -0.05) is 13.0 Å². The van der Waals surface area contributed by atoms with Crippen molar-refractivity contribution in [1.29, 1.82) is 0 Å². The van der Waals surface area contributed by atoms with Gasteiger partial charge < -0.3 is 20.1 Å². The highest BCUT2D eigenvalue weighted by molar-refractivity contribution is 5.94. The smallest absolute Gasteiger partial charge is 0.251 e. The Labute approximate surface area is 132 Å². The maximum atomic E-state index is 12.3. The van der Waals surface area contributed by atoms with E-state index in [0.717, 1.165) is 25.9 Å². The average Bonchev–Trinajstić information content (AvgIpc) is 2.54. The number of carbonyl (C=O) groups excluding carboxylic acids is 1. The van der Waals surface area contributed by atoms with Crippen molar-refractivity contribution < 1.29 is 14.3 Å². The fourth-order valence-corrected chi connectivity index (χ4v) is 2.57. The van der Waals surface area contributed by atoms with Crippen molar-refractivity contribution in [3.8, 4) is 5.75 Å². The summed E-state index contributed by atoms with van der Waals surface area (Å²) in [5.41, 5.74) is 0.820. The topological polar surface area (TPSA) is 59.6 Å². The van der Waals surface area contributed by atoms with Gasteiger partial charge in [-0.05, 0) is 49.5 Å². The molecule has 0 unspecified atom stereocenters. The first-order valence-corrected chi connectivity index (χ1v) is 7.84. The zero-order valence-corrected chi connectivity index (χ0v) is 13.5. The van der Waals surface area contributed by atoms with Crippen LogP contribution in [-0.2, 0) is 4.74 Å². The second-order valence-corrected chi connectivity index (χ2v) is 6.11. The molecule has 1 fully saturated rings. The van der Waals surface area contributed by atoms with E-state index >= 15 is 0 Å². The molecule has 0 spiro atoms. The van der Waals surface area contributed by atoms with Gasteiger partial charge in [0.05, 0.1) is 6.61 Å². The van der Waals surface area contributed by atoms with E-state index in [2.05, 4.69) is 17.6 Å². The minimum Gasteiger partial charge on any atom is -0.491 e. The monoisotopic (exact) mass is 306 g/mol. The van der Waals surface area contributed by atoms with Crippen LogP contribution in [0.25, 0.3) is 0 Å². The molecule has 0 aliphatic carbocycles. The molecule has 122 valence electrons. The quantitative estimate of drug-likeness (QED) is 0.755. The van der Waals surface area contributed by atoms with Gasteiger partial charge in [0.1, 0.15) is 12.4 Å². The van der Waals surface area contributed by atoms with Gasteiger partial charge >= 0.3 is 0 Å². The normalized spacial score (nSPS) is 17.0. The molecule has 1 aliphatic heterocycles. The van der Waals surface area contributed by atoms with Crippen LogP contribution in [0.3, 0.4) is 0 Å². The Hall–Kier alpha value is -1.59. The lowest BCUT2D eigenvalue weighted by Crippen LogP contribution is -2.42. The molecule has 22 heavy (non-hydrogen) atoms. The zero-order chi connectivity index (χ0) is 15.8. The van der Waals surface area contributed by atoms with Crippen molar-refractivity contribution in [2.45, 2.75) is 19.8 Å². The van der Waals surface area contributed by atoms with Crippen LogP contribution < -0.4 is 15.4 Å². The fraction of sp³-hybridized carbons (Fsp3) is 0.588. The van der Waals surface area contributed by atoms with Gasteiger partial charge in [0.15, 0.2) is 0 Å². The van der Waals surface area contributed by atoms with E-state index < -0.39 is 0 Å². The van der Waals surface area contributed by atoms with Crippen molar-refractivity contribution in [3.63, 3.8) is 0 Å². The van der Waals surface area contributed by atoms with Crippen LogP contribution in [0, 0.1) is 5.41 Å². The first kappa shape index (κ1) is 16.8. The maximum Gasteiger partial charge on any atom is 0.251 e. The SMILES string of the molecule is COCCOc1cccc(C(=O)NCC2(C)CCNCC2)c1. The lowest BCUT2D eigenvalue weighted by Gasteiger charge is -2.34. The maximum absolute atomic E-state index is 12.3. The number of hydrogen-bond donors (Lipinski definition) is 2. The van der Waals surface area contributed by atoms with Crippen molar-refractivity contribution in [2.75, 3.05) is 40.0 Å². The van der Waals surface area contributed by atoms with Crippen LogP contribution >= 0.6 is 0 Å². The lowest BCUT2D eigenvalue weighted by atomic mass is 9.81. The minimum atomic E-state index is -0.0445.